The Morgan fingerprint density at radius 3 is 2.87 bits per heavy atom. The second kappa shape index (κ2) is 6.06. The number of hydrogen-bond donors (Lipinski definition) is 1. The van der Waals surface area contributed by atoms with Gasteiger partial charge < -0.3 is 15.1 Å². The van der Waals surface area contributed by atoms with Crippen molar-refractivity contribution in [2.75, 3.05) is 31.1 Å². The molecule has 1 saturated heterocycles. The summed E-state index contributed by atoms with van der Waals surface area (Å²) in [5.74, 6) is 1.68. The number of hydrogen-bond acceptors (Lipinski definition) is 2. The number of fused-ring (bicyclic) bond motifs is 1. The summed E-state index contributed by atoms with van der Waals surface area (Å²) in [5.41, 5.74) is 2.77. The summed E-state index contributed by atoms with van der Waals surface area (Å²) in [7, 11) is 0. The molecule has 1 aromatic carbocycles. The van der Waals surface area contributed by atoms with Crippen LogP contribution in [0.4, 0.5) is 10.5 Å². The average Bonchev–Trinajstić information content (AvgIpc) is 3.14. The van der Waals surface area contributed by atoms with Crippen LogP contribution in [0.1, 0.15) is 31.7 Å². The molecule has 2 amide bonds. The lowest BCUT2D eigenvalue weighted by Gasteiger charge is -2.28. The molecular formula is C19H27N3O. The molecular weight excluding hydrogens is 286 g/mol. The maximum Gasteiger partial charge on any atom is 0.317 e. The van der Waals surface area contributed by atoms with Crippen molar-refractivity contribution in [3.05, 3.63) is 29.8 Å². The van der Waals surface area contributed by atoms with Crippen molar-refractivity contribution in [2.24, 2.45) is 11.8 Å². The van der Waals surface area contributed by atoms with Gasteiger partial charge in [-0.3, -0.25) is 0 Å². The standard InChI is InChI=1S/C19H27N3O/c1-14(22-11-9-16-4-2-3-5-18(16)22)12-20-19(23)21-10-8-17(13-21)15-6-7-15/h2-5,14-15,17H,6-13H2,1H3,(H,20,23). The Balaban J connectivity index is 1.28. The minimum atomic E-state index is 0.132. The van der Waals surface area contributed by atoms with Gasteiger partial charge in [0.1, 0.15) is 0 Å². The highest BCUT2D eigenvalue weighted by molar-refractivity contribution is 5.74. The summed E-state index contributed by atoms with van der Waals surface area (Å²) in [5, 5.41) is 3.16. The molecule has 2 unspecified atom stereocenters. The average molecular weight is 313 g/mol. The Kier molecular flexibility index (Phi) is 3.92. The number of carbonyl (C=O) groups excluding carboxylic acids is 1. The molecule has 23 heavy (non-hydrogen) atoms. The molecule has 1 N–H and O–H groups in total. The van der Waals surface area contributed by atoms with E-state index in [1.165, 1.54) is 30.5 Å². The van der Waals surface area contributed by atoms with Gasteiger partial charge in [0.25, 0.3) is 0 Å². The van der Waals surface area contributed by atoms with Gasteiger partial charge in [-0.2, -0.15) is 0 Å². The summed E-state index contributed by atoms with van der Waals surface area (Å²) in [4.78, 5) is 16.8. The SMILES string of the molecule is CC(CNC(=O)N1CCC(C2CC2)C1)N1CCc2ccccc21. The third kappa shape index (κ3) is 3.04. The van der Waals surface area contributed by atoms with Crippen LogP contribution in [0.15, 0.2) is 24.3 Å². The Hall–Kier alpha value is -1.71. The van der Waals surface area contributed by atoms with Crippen molar-refractivity contribution >= 4 is 11.7 Å². The molecule has 0 bridgehead atoms. The Labute approximate surface area is 138 Å². The first-order valence-electron chi connectivity index (χ1n) is 9.09. The number of urea groups is 1. The second-order valence-corrected chi connectivity index (χ2v) is 7.44. The molecule has 4 rings (SSSR count). The van der Waals surface area contributed by atoms with Crippen LogP contribution in [0.3, 0.4) is 0 Å². The molecule has 2 aliphatic heterocycles. The molecule has 2 atom stereocenters. The summed E-state index contributed by atoms with van der Waals surface area (Å²) in [6.07, 6.45) is 5.08. The normalized spacial score (nSPS) is 24.7. The van der Waals surface area contributed by atoms with Gasteiger partial charge in [0.05, 0.1) is 0 Å². The van der Waals surface area contributed by atoms with Crippen LogP contribution in [-0.2, 0) is 6.42 Å². The van der Waals surface area contributed by atoms with E-state index in [1.807, 2.05) is 4.90 Å². The van der Waals surface area contributed by atoms with Crippen LogP contribution < -0.4 is 10.2 Å². The second-order valence-electron chi connectivity index (χ2n) is 7.44. The zero-order chi connectivity index (χ0) is 15.8. The van der Waals surface area contributed by atoms with Gasteiger partial charge in [0.2, 0.25) is 0 Å². The summed E-state index contributed by atoms with van der Waals surface area (Å²) >= 11 is 0. The number of rotatable bonds is 4. The number of nitrogens with one attached hydrogen (secondary N) is 1. The molecule has 2 heterocycles. The van der Waals surface area contributed by atoms with E-state index in [0.29, 0.717) is 6.04 Å². The lowest BCUT2D eigenvalue weighted by molar-refractivity contribution is 0.206. The summed E-state index contributed by atoms with van der Waals surface area (Å²) in [6, 6.07) is 9.09. The fraction of sp³-hybridized carbons (Fsp3) is 0.632. The van der Waals surface area contributed by atoms with Gasteiger partial charge in [0, 0.05) is 37.9 Å². The molecule has 0 radical (unpaired) electrons. The van der Waals surface area contributed by atoms with E-state index in [-0.39, 0.29) is 6.03 Å². The van der Waals surface area contributed by atoms with Gasteiger partial charge >= 0.3 is 6.03 Å². The van der Waals surface area contributed by atoms with Gasteiger partial charge in [-0.15, -0.1) is 0 Å². The maximum absolute atomic E-state index is 12.4. The van der Waals surface area contributed by atoms with Crippen molar-refractivity contribution < 1.29 is 4.79 Å². The van der Waals surface area contributed by atoms with Crippen LogP contribution in [0.5, 0.6) is 0 Å². The minimum Gasteiger partial charge on any atom is -0.366 e. The van der Waals surface area contributed by atoms with Gasteiger partial charge in [-0.05, 0) is 56.1 Å². The topological polar surface area (TPSA) is 35.6 Å². The van der Waals surface area contributed by atoms with Crippen LogP contribution in [-0.4, -0.2) is 43.2 Å². The van der Waals surface area contributed by atoms with Gasteiger partial charge in [-0.1, -0.05) is 18.2 Å². The Bertz CT molecular complexity index is 584. The predicted molar refractivity (Wildman–Crippen MR) is 92.8 cm³/mol. The molecule has 1 aromatic rings. The zero-order valence-corrected chi connectivity index (χ0v) is 14.0. The number of benzene rings is 1. The highest BCUT2D eigenvalue weighted by Gasteiger charge is 2.37. The van der Waals surface area contributed by atoms with E-state index in [4.69, 9.17) is 0 Å². The predicted octanol–water partition coefficient (Wildman–Crippen LogP) is 2.88. The summed E-state index contributed by atoms with van der Waals surface area (Å²) in [6.45, 7) is 5.90. The lowest BCUT2D eigenvalue weighted by atomic mass is 10.0. The van der Waals surface area contributed by atoms with E-state index >= 15 is 0 Å². The molecule has 3 aliphatic rings. The quantitative estimate of drug-likeness (QED) is 0.928. The van der Waals surface area contributed by atoms with Crippen molar-refractivity contribution in [1.29, 1.82) is 0 Å². The number of likely N-dealkylation sites (tertiary alicyclic amines) is 1. The van der Waals surface area contributed by atoms with E-state index in [1.54, 1.807) is 0 Å². The molecule has 4 heteroatoms. The number of amides is 2. The number of nitrogens with zero attached hydrogens (tertiary/aromatic N) is 2. The number of carbonyl (C=O) groups is 1. The van der Waals surface area contributed by atoms with Crippen molar-refractivity contribution in [2.45, 2.75) is 38.6 Å². The third-order valence-electron chi connectivity index (χ3n) is 5.80. The monoisotopic (exact) mass is 313 g/mol. The van der Waals surface area contributed by atoms with Gasteiger partial charge in [0.15, 0.2) is 0 Å². The number of para-hydroxylation sites is 1. The Morgan fingerprint density at radius 2 is 2.04 bits per heavy atom. The molecule has 1 aliphatic carbocycles. The first-order valence-corrected chi connectivity index (χ1v) is 9.09. The van der Waals surface area contributed by atoms with E-state index in [0.717, 1.165) is 44.4 Å². The van der Waals surface area contributed by atoms with Crippen LogP contribution >= 0.6 is 0 Å². The van der Waals surface area contributed by atoms with Crippen molar-refractivity contribution in [3.8, 4) is 0 Å². The molecule has 0 spiro atoms. The smallest absolute Gasteiger partial charge is 0.317 e. The van der Waals surface area contributed by atoms with Gasteiger partial charge in [-0.25, -0.2) is 4.79 Å². The Morgan fingerprint density at radius 1 is 1.22 bits per heavy atom. The maximum atomic E-state index is 12.4. The fourth-order valence-corrected chi connectivity index (χ4v) is 4.20. The summed E-state index contributed by atoms with van der Waals surface area (Å²) < 4.78 is 0. The lowest BCUT2D eigenvalue weighted by Crippen LogP contribution is -2.46. The largest absolute Gasteiger partial charge is 0.366 e. The van der Waals surface area contributed by atoms with E-state index in [9.17, 15) is 4.79 Å². The molecule has 0 aromatic heterocycles. The highest BCUT2D eigenvalue weighted by atomic mass is 16.2. The first-order chi connectivity index (χ1) is 11.2. The zero-order valence-electron chi connectivity index (χ0n) is 14.0. The minimum absolute atomic E-state index is 0.132. The number of anilines is 1. The molecule has 2 fully saturated rings. The molecule has 1 saturated carbocycles. The fourth-order valence-electron chi connectivity index (χ4n) is 4.20. The third-order valence-corrected chi connectivity index (χ3v) is 5.80. The van der Waals surface area contributed by atoms with Crippen LogP contribution in [0.25, 0.3) is 0 Å². The first kappa shape index (κ1) is 14.9. The van der Waals surface area contributed by atoms with Crippen molar-refractivity contribution in [3.63, 3.8) is 0 Å². The molecule has 124 valence electrons. The highest BCUT2D eigenvalue weighted by Crippen LogP contribution is 2.41. The molecule has 4 nitrogen and oxygen atoms in total. The van der Waals surface area contributed by atoms with E-state index < -0.39 is 0 Å². The van der Waals surface area contributed by atoms with Crippen molar-refractivity contribution in [1.82, 2.24) is 10.2 Å². The van der Waals surface area contributed by atoms with Crippen LogP contribution in [0, 0.1) is 11.8 Å². The van der Waals surface area contributed by atoms with Crippen LogP contribution in [0.2, 0.25) is 0 Å². The van der Waals surface area contributed by atoms with E-state index in [2.05, 4.69) is 41.4 Å².